The number of imidazole rings is 1. The number of halogens is 3. The van der Waals surface area contributed by atoms with Gasteiger partial charge in [0.05, 0.1) is 12.1 Å². The third-order valence-corrected chi connectivity index (χ3v) is 4.04. The van der Waals surface area contributed by atoms with Gasteiger partial charge in [0.1, 0.15) is 11.0 Å². The number of aromatic nitrogens is 3. The van der Waals surface area contributed by atoms with Crippen LogP contribution < -0.4 is 5.32 Å². The number of nitrogens with one attached hydrogen (secondary N) is 2. The first-order valence-corrected chi connectivity index (χ1v) is 7.91. The van der Waals surface area contributed by atoms with Crippen LogP contribution in [0.25, 0.3) is 11.2 Å². The summed E-state index contributed by atoms with van der Waals surface area (Å²) in [4.78, 5) is 11.7. The summed E-state index contributed by atoms with van der Waals surface area (Å²) in [7, 11) is 0. The number of rotatable bonds is 5. The van der Waals surface area contributed by atoms with Gasteiger partial charge in [-0.05, 0) is 42.8 Å². The molecule has 0 bridgehead atoms. The van der Waals surface area contributed by atoms with E-state index in [-0.39, 0.29) is 0 Å². The van der Waals surface area contributed by atoms with E-state index >= 15 is 0 Å². The second-order valence-corrected chi connectivity index (χ2v) is 6.08. The molecule has 0 amide bonds. The lowest BCUT2D eigenvalue weighted by molar-refractivity contribution is 0.666. The van der Waals surface area contributed by atoms with Gasteiger partial charge in [-0.3, -0.25) is 0 Å². The van der Waals surface area contributed by atoms with Crippen LogP contribution in [0.2, 0.25) is 15.2 Å². The SMILES string of the molecule is Clc1ccc(CCNCc2nc3nc(Cl)ccc3[nH]2)c(Cl)c1. The van der Waals surface area contributed by atoms with E-state index in [1.165, 1.54) is 0 Å². The molecule has 1 aromatic carbocycles. The van der Waals surface area contributed by atoms with Crippen LogP contribution in [0, 0.1) is 0 Å². The molecule has 0 saturated carbocycles. The maximum Gasteiger partial charge on any atom is 0.179 e. The molecule has 0 saturated heterocycles. The molecule has 0 atom stereocenters. The first kappa shape index (κ1) is 15.6. The molecule has 3 aromatic rings. The van der Waals surface area contributed by atoms with E-state index in [1.54, 1.807) is 12.1 Å². The maximum absolute atomic E-state index is 6.14. The van der Waals surface area contributed by atoms with Crippen LogP contribution in [-0.2, 0) is 13.0 Å². The Hall–Kier alpha value is -1.33. The van der Waals surface area contributed by atoms with Crippen LogP contribution in [-0.4, -0.2) is 21.5 Å². The minimum Gasteiger partial charge on any atom is -0.340 e. The number of fused-ring (bicyclic) bond motifs is 1. The van der Waals surface area contributed by atoms with E-state index in [2.05, 4.69) is 20.3 Å². The predicted molar refractivity (Wildman–Crippen MR) is 90.8 cm³/mol. The molecule has 0 spiro atoms. The van der Waals surface area contributed by atoms with E-state index in [0.717, 1.165) is 29.9 Å². The number of H-pyrrole nitrogens is 1. The van der Waals surface area contributed by atoms with Crippen molar-refractivity contribution in [3.63, 3.8) is 0 Å². The number of nitrogens with zero attached hydrogens (tertiary/aromatic N) is 2. The van der Waals surface area contributed by atoms with Gasteiger partial charge in [-0.15, -0.1) is 0 Å². The smallest absolute Gasteiger partial charge is 0.179 e. The molecular weight excluding hydrogens is 343 g/mol. The molecule has 0 unspecified atom stereocenters. The summed E-state index contributed by atoms with van der Waals surface area (Å²) < 4.78 is 0. The summed E-state index contributed by atoms with van der Waals surface area (Å²) in [6, 6.07) is 9.15. The fourth-order valence-electron chi connectivity index (χ4n) is 2.16. The summed E-state index contributed by atoms with van der Waals surface area (Å²) in [6.07, 6.45) is 0.820. The molecule has 0 radical (unpaired) electrons. The van der Waals surface area contributed by atoms with Crippen molar-refractivity contribution >= 4 is 46.0 Å². The van der Waals surface area contributed by atoms with Crippen LogP contribution in [0.4, 0.5) is 0 Å². The molecule has 2 N–H and O–H groups in total. The Bertz CT molecular complexity index is 801. The third-order valence-electron chi connectivity index (χ3n) is 3.24. The Balaban J connectivity index is 1.55. The predicted octanol–water partition coefficient (Wildman–Crippen LogP) is 4.25. The zero-order valence-corrected chi connectivity index (χ0v) is 13.8. The largest absolute Gasteiger partial charge is 0.340 e. The highest BCUT2D eigenvalue weighted by Crippen LogP contribution is 2.21. The van der Waals surface area contributed by atoms with Gasteiger partial charge < -0.3 is 10.3 Å². The molecule has 7 heteroatoms. The zero-order valence-electron chi connectivity index (χ0n) is 11.5. The van der Waals surface area contributed by atoms with Crippen molar-refractivity contribution in [3.8, 4) is 0 Å². The van der Waals surface area contributed by atoms with Crippen molar-refractivity contribution in [2.45, 2.75) is 13.0 Å². The molecule has 4 nitrogen and oxygen atoms in total. The minimum absolute atomic E-state index is 0.441. The Morgan fingerprint density at radius 1 is 1.05 bits per heavy atom. The van der Waals surface area contributed by atoms with Crippen LogP contribution >= 0.6 is 34.8 Å². The van der Waals surface area contributed by atoms with Crippen molar-refractivity contribution in [2.24, 2.45) is 0 Å². The van der Waals surface area contributed by atoms with Crippen molar-refractivity contribution in [1.29, 1.82) is 0 Å². The maximum atomic E-state index is 6.14. The molecular formula is C15H13Cl3N4. The van der Waals surface area contributed by atoms with Crippen molar-refractivity contribution in [1.82, 2.24) is 20.3 Å². The van der Waals surface area contributed by atoms with E-state index in [4.69, 9.17) is 34.8 Å². The lowest BCUT2D eigenvalue weighted by atomic mass is 10.1. The summed E-state index contributed by atoms with van der Waals surface area (Å²) in [5, 5.41) is 5.10. The van der Waals surface area contributed by atoms with Crippen molar-refractivity contribution in [3.05, 3.63) is 56.9 Å². The Labute approximate surface area is 142 Å². The fourth-order valence-corrected chi connectivity index (χ4v) is 2.80. The summed E-state index contributed by atoms with van der Waals surface area (Å²) in [5.41, 5.74) is 2.57. The monoisotopic (exact) mass is 354 g/mol. The van der Waals surface area contributed by atoms with E-state index in [0.29, 0.717) is 27.4 Å². The lowest BCUT2D eigenvalue weighted by Crippen LogP contribution is -2.17. The topological polar surface area (TPSA) is 53.6 Å². The second-order valence-electron chi connectivity index (χ2n) is 4.85. The quantitative estimate of drug-likeness (QED) is 0.531. The van der Waals surface area contributed by atoms with Crippen molar-refractivity contribution in [2.75, 3.05) is 6.54 Å². The second kappa shape index (κ2) is 6.84. The zero-order chi connectivity index (χ0) is 15.5. The van der Waals surface area contributed by atoms with Crippen LogP contribution in [0.15, 0.2) is 30.3 Å². The highest BCUT2D eigenvalue weighted by molar-refractivity contribution is 6.35. The molecule has 114 valence electrons. The van der Waals surface area contributed by atoms with Crippen LogP contribution in [0.1, 0.15) is 11.4 Å². The van der Waals surface area contributed by atoms with Gasteiger partial charge in [0.2, 0.25) is 0 Å². The van der Waals surface area contributed by atoms with Gasteiger partial charge in [-0.2, -0.15) is 0 Å². The van der Waals surface area contributed by atoms with Gasteiger partial charge in [0, 0.05) is 10.0 Å². The minimum atomic E-state index is 0.441. The molecule has 3 rings (SSSR count). The standard InChI is InChI=1S/C15H13Cl3N4/c16-10-2-1-9(11(17)7-10)5-6-19-8-14-20-12-3-4-13(18)21-15(12)22-14/h1-4,7,19H,5-6,8H2,(H,20,21,22). The highest BCUT2D eigenvalue weighted by atomic mass is 35.5. The number of hydrogen-bond acceptors (Lipinski definition) is 3. The van der Waals surface area contributed by atoms with Crippen LogP contribution in [0.3, 0.4) is 0 Å². The number of benzene rings is 1. The normalized spacial score (nSPS) is 11.2. The van der Waals surface area contributed by atoms with Crippen LogP contribution in [0.5, 0.6) is 0 Å². The first-order chi connectivity index (χ1) is 10.6. The van der Waals surface area contributed by atoms with E-state index in [9.17, 15) is 0 Å². The summed E-state index contributed by atoms with van der Waals surface area (Å²) >= 11 is 17.9. The Morgan fingerprint density at radius 3 is 2.73 bits per heavy atom. The number of aromatic amines is 1. The van der Waals surface area contributed by atoms with Gasteiger partial charge in [-0.25, -0.2) is 9.97 Å². The highest BCUT2D eigenvalue weighted by Gasteiger charge is 2.05. The Morgan fingerprint density at radius 2 is 1.91 bits per heavy atom. The number of hydrogen-bond donors (Lipinski definition) is 2. The van der Waals surface area contributed by atoms with E-state index in [1.807, 2.05) is 18.2 Å². The average molecular weight is 356 g/mol. The fraction of sp³-hybridized carbons (Fsp3) is 0.200. The third kappa shape index (κ3) is 3.70. The summed E-state index contributed by atoms with van der Waals surface area (Å²) in [6.45, 7) is 1.41. The molecule has 0 aliphatic carbocycles. The first-order valence-electron chi connectivity index (χ1n) is 6.77. The Kier molecular flexibility index (Phi) is 4.84. The average Bonchev–Trinajstić information content (AvgIpc) is 2.87. The van der Waals surface area contributed by atoms with Crippen molar-refractivity contribution < 1.29 is 0 Å². The molecule has 0 aliphatic rings. The van der Waals surface area contributed by atoms with Gasteiger partial charge >= 0.3 is 0 Å². The molecule has 22 heavy (non-hydrogen) atoms. The number of pyridine rings is 1. The van der Waals surface area contributed by atoms with Gasteiger partial charge in [-0.1, -0.05) is 40.9 Å². The molecule has 0 fully saturated rings. The van der Waals surface area contributed by atoms with Gasteiger partial charge in [0.15, 0.2) is 5.65 Å². The van der Waals surface area contributed by atoms with Gasteiger partial charge in [0.25, 0.3) is 0 Å². The molecule has 0 aliphatic heterocycles. The molecule has 2 aromatic heterocycles. The van der Waals surface area contributed by atoms with E-state index < -0.39 is 0 Å². The molecule has 2 heterocycles. The lowest BCUT2D eigenvalue weighted by Gasteiger charge is -2.05. The summed E-state index contributed by atoms with van der Waals surface area (Å²) in [5.74, 6) is 0.826.